The lowest BCUT2D eigenvalue weighted by atomic mass is 10.2. The number of carboxylic acid groups (broad SMARTS) is 1. The van der Waals surface area contributed by atoms with Gasteiger partial charge in [-0.15, -0.1) is 11.3 Å². The van der Waals surface area contributed by atoms with Gasteiger partial charge in [-0.2, -0.15) is 18.3 Å². The Labute approximate surface area is 176 Å². The number of amides is 1. The smallest absolute Gasteiger partial charge is 0.475 e. The van der Waals surface area contributed by atoms with Crippen molar-refractivity contribution in [3.05, 3.63) is 59.6 Å². The van der Waals surface area contributed by atoms with Crippen LogP contribution in [-0.2, 0) is 11.3 Å². The Balaban J connectivity index is 0.000000339. The third kappa shape index (κ3) is 5.82. The number of H-pyrrole nitrogens is 1. The second-order valence-electron chi connectivity index (χ2n) is 5.84. The molecule has 0 unspecified atom stereocenters. The van der Waals surface area contributed by atoms with E-state index < -0.39 is 12.1 Å². The van der Waals surface area contributed by atoms with E-state index in [0.29, 0.717) is 16.5 Å². The topological polar surface area (TPSA) is 134 Å². The lowest BCUT2D eigenvalue weighted by Gasteiger charge is -1.99. The number of alkyl halides is 3. The van der Waals surface area contributed by atoms with E-state index in [4.69, 9.17) is 9.90 Å². The average Bonchev–Trinajstić information content (AvgIpc) is 3.39. The number of hydrogen-bond acceptors (Lipinski definition) is 7. The number of hydrogen-bond donors (Lipinski definition) is 3. The molecular formula is C18H13F3N6O3S. The number of aliphatic carboxylic acids is 1. The van der Waals surface area contributed by atoms with Crippen molar-refractivity contribution < 1.29 is 27.9 Å². The number of aromatic nitrogens is 5. The summed E-state index contributed by atoms with van der Waals surface area (Å²) in [5.41, 5.74) is 0.870. The van der Waals surface area contributed by atoms with E-state index in [0.717, 1.165) is 15.8 Å². The molecule has 9 nitrogen and oxygen atoms in total. The number of aromatic amines is 1. The zero-order valence-corrected chi connectivity index (χ0v) is 16.2. The summed E-state index contributed by atoms with van der Waals surface area (Å²) in [7, 11) is 0. The van der Waals surface area contributed by atoms with Crippen LogP contribution in [0.5, 0.6) is 0 Å². The summed E-state index contributed by atoms with van der Waals surface area (Å²) in [4.78, 5) is 35.2. The molecule has 0 aliphatic rings. The third-order valence-electron chi connectivity index (χ3n) is 3.65. The number of carboxylic acids is 1. The number of nitrogens with one attached hydrogen (secondary N) is 2. The van der Waals surface area contributed by atoms with Crippen molar-refractivity contribution in [3.63, 3.8) is 0 Å². The van der Waals surface area contributed by atoms with Crippen molar-refractivity contribution in [3.8, 4) is 11.4 Å². The Morgan fingerprint density at radius 2 is 1.87 bits per heavy atom. The standard InChI is InChI=1S/C16H12N6OS.C2HF3O2/c23-15(12-8-11-2-1-5-18-16(11)24-12)19-9-13-20-14(22-21-13)10-3-6-17-7-4-10;3-2(4,5)1(6)7/h1-8H,9H2,(H,19,23)(H,20,21,22);(H,6,7). The molecule has 4 aromatic rings. The van der Waals surface area contributed by atoms with Crippen molar-refractivity contribution >= 4 is 33.4 Å². The van der Waals surface area contributed by atoms with Gasteiger partial charge in [0.2, 0.25) is 0 Å². The molecule has 4 heterocycles. The molecule has 4 rings (SSSR count). The fourth-order valence-corrected chi connectivity index (χ4v) is 3.16. The Bertz CT molecular complexity index is 1160. The third-order valence-corrected chi connectivity index (χ3v) is 4.70. The summed E-state index contributed by atoms with van der Waals surface area (Å²) in [6, 6.07) is 9.29. The zero-order valence-electron chi connectivity index (χ0n) is 15.4. The Morgan fingerprint density at radius 3 is 2.52 bits per heavy atom. The van der Waals surface area contributed by atoms with Gasteiger partial charge in [-0.3, -0.25) is 14.9 Å². The molecule has 0 aliphatic heterocycles. The van der Waals surface area contributed by atoms with E-state index in [1.807, 2.05) is 30.3 Å². The molecule has 0 radical (unpaired) electrons. The van der Waals surface area contributed by atoms with Crippen molar-refractivity contribution in [1.29, 1.82) is 0 Å². The van der Waals surface area contributed by atoms with E-state index in [1.165, 1.54) is 11.3 Å². The fourth-order valence-electron chi connectivity index (χ4n) is 2.24. The number of fused-ring (bicyclic) bond motifs is 1. The molecule has 0 fully saturated rings. The van der Waals surface area contributed by atoms with Gasteiger partial charge < -0.3 is 10.4 Å². The van der Waals surface area contributed by atoms with Crippen LogP contribution < -0.4 is 5.32 Å². The van der Waals surface area contributed by atoms with Crippen LogP contribution in [0.1, 0.15) is 15.5 Å². The molecule has 31 heavy (non-hydrogen) atoms. The highest BCUT2D eigenvalue weighted by Gasteiger charge is 2.38. The van der Waals surface area contributed by atoms with Gasteiger partial charge in [0.05, 0.1) is 11.4 Å². The first kappa shape index (κ1) is 21.8. The summed E-state index contributed by atoms with van der Waals surface area (Å²) < 4.78 is 31.7. The van der Waals surface area contributed by atoms with Crippen LogP contribution in [0.2, 0.25) is 0 Å². The van der Waals surface area contributed by atoms with Gasteiger partial charge in [0, 0.05) is 29.5 Å². The summed E-state index contributed by atoms with van der Waals surface area (Å²) in [6.45, 7) is 0.276. The predicted octanol–water partition coefficient (Wildman–Crippen LogP) is 3.04. The summed E-state index contributed by atoms with van der Waals surface area (Å²) >= 11 is 1.37. The second kappa shape index (κ2) is 9.30. The van der Waals surface area contributed by atoms with E-state index in [2.05, 4.69) is 30.5 Å². The fraction of sp³-hybridized carbons (Fsp3) is 0.111. The maximum Gasteiger partial charge on any atom is 0.490 e. The maximum atomic E-state index is 12.3. The Kier molecular flexibility index (Phi) is 6.55. The molecule has 160 valence electrons. The minimum atomic E-state index is -5.08. The van der Waals surface area contributed by atoms with Crippen LogP contribution in [-0.4, -0.2) is 48.3 Å². The number of carbonyl (C=O) groups is 2. The highest BCUT2D eigenvalue weighted by molar-refractivity contribution is 7.20. The number of pyridine rings is 2. The van der Waals surface area contributed by atoms with Crippen LogP contribution in [0, 0.1) is 0 Å². The van der Waals surface area contributed by atoms with Crippen LogP contribution in [0.4, 0.5) is 13.2 Å². The van der Waals surface area contributed by atoms with Crippen molar-refractivity contribution in [2.24, 2.45) is 0 Å². The number of carbonyl (C=O) groups excluding carboxylic acids is 1. The first-order chi connectivity index (χ1) is 14.7. The van der Waals surface area contributed by atoms with E-state index >= 15 is 0 Å². The van der Waals surface area contributed by atoms with Crippen LogP contribution in [0.25, 0.3) is 21.6 Å². The number of nitrogens with zero attached hydrogens (tertiary/aromatic N) is 4. The normalized spacial score (nSPS) is 10.9. The van der Waals surface area contributed by atoms with Crippen LogP contribution in [0.15, 0.2) is 48.9 Å². The van der Waals surface area contributed by atoms with Crippen molar-refractivity contribution in [2.45, 2.75) is 12.7 Å². The Morgan fingerprint density at radius 1 is 1.16 bits per heavy atom. The molecule has 4 aromatic heterocycles. The highest BCUT2D eigenvalue weighted by atomic mass is 32.1. The van der Waals surface area contributed by atoms with Gasteiger partial charge >= 0.3 is 12.1 Å². The van der Waals surface area contributed by atoms with Crippen LogP contribution >= 0.6 is 11.3 Å². The summed E-state index contributed by atoms with van der Waals surface area (Å²) in [5, 5.41) is 17.9. The predicted molar refractivity (Wildman–Crippen MR) is 104 cm³/mol. The molecule has 0 atom stereocenters. The second-order valence-corrected chi connectivity index (χ2v) is 6.87. The van der Waals surface area contributed by atoms with Gasteiger partial charge in [0.25, 0.3) is 5.91 Å². The van der Waals surface area contributed by atoms with Crippen molar-refractivity contribution in [1.82, 2.24) is 30.5 Å². The quantitative estimate of drug-likeness (QED) is 0.435. The van der Waals surface area contributed by atoms with E-state index in [1.54, 1.807) is 18.6 Å². The first-order valence-electron chi connectivity index (χ1n) is 8.48. The SMILES string of the molecule is O=C(NCc1nc(-c2ccncc2)n[nH]1)c1cc2cccnc2s1.O=C(O)C(F)(F)F. The van der Waals surface area contributed by atoms with E-state index in [-0.39, 0.29) is 12.5 Å². The van der Waals surface area contributed by atoms with Gasteiger partial charge in [0.15, 0.2) is 5.82 Å². The lowest BCUT2D eigenvalue weighted by Crippen LogP contribution is -2.22. The monoisotopic (exact) mass is 450 g/mol. The molecule has 0 saturated carbocycles. The van der Waals surface area contributed by atoms with E-state index in [9.17, 15) is 18.0 Å². The molecule has 0 aromatic carbocycles. The lowest BCUT2D eigenvalue weighted by molar-refractivity contribution is -0.192. The number of rotatable bonds is 4. The molecular weight excluding hydrogens is 437 g/mol. The highest BCUT2D eigenvalue weighted by Crippen LogP contribution is 2.23. The molecule has 0 spiro atoms. The maximum absolute atomic E-state index is 12.3. The molecule has 0 bridgehead atoms. The Hall–Kier alpha value is -3.87. The molecule has 0 saturated heterocycles. The van der Waals surface area contributed by atoms with Gasteiger partial charge in [-0.25, -0.2) is 14.8 Å². The average molecular weight is 450 g/mol. The zero-order chi connectivity index (χ0) is 22.4. The molecule has 3 N–H and O–H groups in total. The van der Waals surface area contributed by atoms with Crippen molar-refractivity contribution in [2.75, 3.05) is 0 Å². The first-order valence-corrected chi connectivity index (χ1v) is 9.30. The van der Waals surface area contributed by atoms with Gasteiger partial charge in [0.1, 0.15) is 10.7 Å². The van der Waals surface area contributed by atoms with Gasteiger partial charge in [-0.05, 0) is 24.3 Å². The van der Waals surface area contributed by atoms with Gasteiger partial charge in [-0.1, -0.05) is 6.07 Å². The minimum absolute atomic E-state index is 0.153. The number of halogens is 3. The molecule has 0 aliphatic carbocycles. The number of thiophene rings is 1. The largest absolute Gasteiger partial charge is 0.490 e. The summed E-state index contributed by atoms with van der Waals surface area (Å²) in [6.07, 6.45) is 0.000931. The molecule has 13 heteroatoms. The molecule has 1 amide bonds. The van der Waals surface area contributed by atoms with Crippen LogP contribution in [0.3, 0.4) is 0 Å². The summed E-state index contributed by atoms with van der Waals surface area (Å²) in [5.74, 6) is -1.74. The minimum Gasteiger partial charge on any atom is -0.475 e.